The second-order valence-corrected chi connectivity index (χ2v) is 5.35. The minimum atomic E-state index is -0.351. The van der Waals surface area contributed by atoms with Gasteiger partial charge in [-0.25, -0.2) is 5.43 Å². The Kier molecular flexibility index (Phi) is 4.67. The molecule has 2 aromatic rings. The monoisotopic (exact) mass is 381 g/mol. The average Bonchev–Trinajstić information content (AvgIpc) is 2.44. The molecule has 6 heteroatoms. The van der Waals surface area contributed by atoms with E-state index in [0.717, 1.165) is 9.13 Å². The maximum atomic E-state index is 11.7. The van der Waals surface area contributed by atoms with Gasteiger partial charge in [0, 0.05) is 21.5 Å². The number of rotatable bonds is 3. The molecular formula is C14H12IN3O2. The molecule has 0 saturated carbocycles. The number of carbonyl (C=O) groups excluding carboxylic acids is 1. The van der Waals surface area contributed by atoms with Crippen LogP contribution in [0, 0.1) is 10.5 Å². The van der Waals surface area contributed by atoms with E-state index in [1.807, 2.05) is 13.0 Å². The highest BCUT2D eigenvalue weighted by Crippen LogP contribution is 2.23. The van der Waals surface area contributed by atoms with Crippen molar-refractivity contribution in [3.63, 3.8) is 0 Å². The first-order chi connectivity index (χ1) is 9.58. The van der Waals surface area contributed by atoms with Gasteiger partial charge in [0.25, 0.3) is 5.91 Å². The molecular weight excluding hydrogens is 369 g/mol. The summed E-state index contributed by atoms with van der Waals surface area (Å²) < 4.78 is 0.984. The molecule has 1 heterocycles. The van der Waals surface area contributed by atoms with Crippen LogP contribution in [-0.4, -0.2) is 22.2 Å². The summed E-state index contributed by atoms with van der Waals surface area (Å²) in [6, 6.07) is 6.96. The number of hydrogen-bond acceptors (Lipinski definition) is 4. The Morgan fingerprint density at radius 1 is 1.50 bits per heavy atom. The van der Waals surface area contributed by atoms with E-state index >= 15 is 0 Å². The fraction of sp³-hybridized carbons (Fsp3) is 0.0714. The molecule has 5 nitrogen and oxygen atoms in total. The average molecular weight is 381 g/mol. The maximum absolute atomic E-state index is 11.7. The predicted molar refractivity (Wildman–Crippen MR) is 84.9 cm³/mol. The number of halogens is 1. The molecule has 2 rings (SSSR count). The molecule has 20 heavy (non-hydrogen) atoms. The summed E-state index contributed by atoms with van der Waals surface area (Å²) in [6.07, 6.45) is 4.46. The third-order valence-electron chi connectivity index (χ3n) is 2.59. The van der Waals surface area contributed by atoms with Crippen molar-refractivity contribution < 1.29 is 9.90 Å². The lowest BCUT2D eigenvalue weighted by molar-refractivity contribution is 0.0954. The molecule has 0 aliphatic rings. The lowest BCUT2D eigenvalue weighted by atomic mass is 10.1. The maximum Gasteiger partial charge on any atom is 0.272 e. The molecule has 1 aromatic carbocycles. The second kappa shape index (κ2) is 6.47. The number of phenolic OH excluding ortho intramolecular Hbond substituents is 1. The predicted octanol–water partition coefficient (Wildman–Crippen LogP) is 2.46. The molecule has 0 aliphatic carbocycles. The molecule has 0 fully saturated rings. The molecule has 102 valence electrons. The lowest BCUT2D eigenvalue weighted by Crippen LogP contribution is -2.17. The minimum Gasteiger partial charge on any atom is -0.507 e. The highest BCUT2D eigenvalue weighted by Gasteiger charge is 2.05. The Balaban J connectivity index is 2.10. The first kappa shape index (κ1) is 14.4. The SMILES string of the molecule is Cc1cc(I)cc(/C=N\NC(=O)c2cccnc2)c1O. The number of amides is 1. The highest BCUT2D eigenvalue weighted by molar-refractivity contribution is 14.1. The number of aromatic nitrogens is 1. The third-order valence-corrected chi connectivity index (χ3v) is 3.21. The molecule has 0 unspecified atom stereocenters. The summed E-state index contributed by atoms with van der Waals surface area (Å²) >= 11 is 2.15. The number of benzene rings is 1. The number of pyridine rings is 1. The van der Waals surface area contributed by atoms with Gasteiger partial charge in [-0.3, -0.25) is 9.78 Å². The van der Waals surface area contributed by atoms with Crippen LogP contribution in [0.1, 0.15) is 21.5 Å². The second-order valence-electron chi connectivity index (χ2n) is 4.10. The molecule has 0 bridgehead atoms. The molecule has 1 aromatic heterocycles. The zero-order valence-electron chi connectivity index (χ0n) is 10.7. The number of hydrogen-bond donors (Lipinski definition) is 2. The van der Waals surface area contributed by atoms with Crippen molar-refractivity contribution in [2.24, 2.45) is 5.10 Å². The number of aromatic hydroxyl groups is 1. The normalized spacial score (nSPS) is 10.7. The van der Waals surface area contributed by atoms with Crippen molar-refractivity contribution in [2.75, 3.05) is 0 Å². The zero-order valence-corrected chi connectivity index (χ0v) is 12.8. The highest BCUT2D eigenvalue weighted by atomic mass is 127. The van der Waals surface area contributed by atoms with Crippen LogP contribution in [-0.2, 0) is 0 Å². The van der Waals surface area contributed by atoms with Crippen molar-refractivity contribution in [1.29, 1.82) is 0 Å². The van der Waals surface area contributed by atoms with Crippen molar-refractivity contribution >= 4 is 34.7 Å². The van der Waals surface area contributed by atoms with Gasteiger partial charge in [-0.05, 0) is 59.3 Å². The molecule has 2 N–H and O–H groups in total. The van der Waals surface area contributed by atoms with E-state index in [2.05, 4.69) is 38.1 Å². The molecule has 1 amide bonds. The Morgan fingerprint density at radius 2 is 2.30 bits per heavy atom. The summed E-state index contributed by atoms with van der Waals surface area (Å²) in [6.45, 7) is 1.81. The van der Waals surface area contributed by atoms with Crippen LogP contribution >= 0.6 is 22.6 Å². The summed E-state index contributed by atoms with van der Waals surface area (Å²) in [5.41, 5.74) is 4.13. The smallest absolute Gasteiger partial charge is 0.272 e. The largest absolute Gasteiger partial charge is 0.507 e. The number of aryl methyl sites for hydroxylation is 1. The van der Waals surface area contributed by atoms with Gasteiger partial charge in [0.05, 0.1) is 11.8 Å². The lowest BCUT2D eigenvalue weighted by Gasteiger charge is -2.04. The summed E-state index contributed by atoms with van der Waals surface area (Å²) in [5, 5.41) is 13.7. The van der Waals surface area contributed by atoms with E-state index in [9.17, 15) is 9.90 Å². The standard InChI is InChI=1S/C14H12IN3O2/c1-9-5-12(15)6-11(13(9)19)8-17-18-14(20)10-3-2-4-16-7-10/h2-8,19H,1H3,(H,18,20)/b17-8-. The Hall–Kier alpha value is -1.96. The van der Waals surface area contributed by atoms with Crippen LogP contribution in [0.2, 0.25) is 0 Å². The summed E-state index contributed by atoms with van der Waals surface area (Å²) in [4.78, 5) is 15.6. The van der Waals surface area contributed by atoms with Gasteiger partial charge in [-0.1, -0.05) is 0 Å². The Bertz CT molecular complexity index is 657. The number of hydrazone groups is 1. The summed E-state index contributed by atoms with van der Waals surface area (Å²) in [5.74, 6) is -0.194. The van der Waals surface area contributed by atoms with Gasteiger partial charge in [-0.2, -0.15) is 5.10 Å². The number of nitrogens with zero attached hydrogens (tertiary/aromatic N) is 2. The fourth-order valence-electron chi connectivity index (χ4n) is 1.58. The first-order valence-corrected chi connectivity index (χ1v) is 6.88. The fourth-order valence-corrected chi connectivity index (χ4v) is 2.38. The molecule has 0 saturated heterocycles. The quantitative estimate of drug-likeness (QED) is 0.487. The van der Waals surface area contributed by atoms with Crippen LogP contribution in [0.25, 0.3) is 0 Å². The van der Waals surface area contributed by atoms with Crippen LogP contribution in [0.5, 0.6) is 5.75 Å². The molecule has 0 aliphatic heterocycles. The molecule has 0 spiro atoms. The Morgan fingerprint density at radius 3 is 3.00 bits per heavy atom. The van der Waals surface area contributed by atoms with Crippen LogP contribution in [0.15, 0.2) is 41.8 Å². The molecule has 0 radical (unpaired) electrons. The first-order valence-electron chi connectivity index (χ1n) is 5.80. The van der Waals surface area contributed by atoms with Crippen molar-refractivity contribution in [2.45, 2.75) is 6.92 Å². The van der Waals surface area contributed by atoms with E-state index in [1.165, 1.54) is 12.4 Å². The van der Waals surface area contributed by atoms with E-state index in [-0.39, 0.29) is 11.7 Å². The van der Waals surface area contributed by atoms with Gasteiger partial charge in [0.1, 0.15) is 5.75 Å². The number of phenols is 1. The summed E-state index contributed by atoms with van der Waals surface area (Å²) in [7, 11) is 0. The van der Waals surface area contributed by atoms with Crippen LogP contribution in [0.4, 0.5) is 0 Å². The van der Waals surface area contributed by atoms with Crippen LogP contribution < -0.4 is 5.43 Å². The van der Waals surface area contributed by atoms with Crippen molar-refractivity contribution in [3.8, 4) is 5.75 Å². The van der Waals surface area contributed by atoms with Gasteiger partial charge >= 0.3 is 0 Å². The van der Waals surface area contributed by atoms with Gasteiger partial charge in [0.2, 0.25) is 0 Å². The topological polar surface area (TPSA) is 74.6 Å². The van der Waals surface area contributed by atoms with E-state index in [0.29, 0.717) is 11.1 Å². The van der Waals surface area contributed by atoms with Crippen molar-refractivity contribution in [1.82, 2.24) is 10.4 Å². The van der Waals surface area contributed by atoms with Gasteiger partial charge < -0.3 is 5.11 Å². The Labute approximate surface area is 129 Å². The van der Waals surface area contributed by atoms with E-state index < -0.39 is 0 Å². The third kappa shape index (κ3) is 3.53. The van der Waals surface area contributed by atoms with Crippen molar-refractivity contribution in [3.05, 3.63) is 56.9 Å². The van der Waals surface area contributed by atoms with Crippen LogP contribution in [0.3, 0.4) is 0 Å². The minimum absolute atomic E-state index is 0.157. The van der Waals surface area contributed by atoms with E-state index in [4.69, 9.17) is 0 Å². The number of carbonyl (C=O) groups is 1. The zero-order chi connectivity index (χ0) is 14.5. The number of nitrogens with one attached hydrogen (secondary N) is 1. The van der Waals surface area contributed by atoms with Gasteiger partial charge in [-0.15, -0.1) is 0 Å². The van der Waals surface area contributed by atoms with Gasteiger partial charge in [0.15, 0.2) is 0 Å². The molecule has 0 atom stereocenters. The van der Waals surface area contributed by atoms with E-state index in [1.54, 1.807) is 24.4 Å².